The van der Waals surface area contributed by atoms with E-state index in [-0.39, 0.29) is 5.92 Å². The predicted octanol–water partition coefficient (Wildman–Crippen LogP) is 5.86. The van der Waals surface area contributed by atoms with Crippen molar-refractivity contribution in [2.24, 2.45) is 5.92 Å². The van der Waals surface area contributed by atoms with Crippen LogP contribution in [0.1, 0.15) is 55.0 Å². The molecule has 1 unspecified atom stereocenters. The van der Waals surface area contributed by atoms with Crippen molar-refractivity contribution >= 4 is 0 Å². The summed E-state index contributed by atoms with van der Waals surface area (Å²) < 4.78 is 5.49. The van der Waals surface area contributed by atoms with Crippen LogP contribution in [0.5, 0.6) is 5.75 Å². The van der Waals surface area contributed by atoms with E-state index in [1.807, 2.05) is 6.07 Å². The third kappa shape index (κ3) is 5.43. The maximum Gasteiger partial charge on any atom is 0.122 e. The molecule has 3 heteroatoms. The molecule has 0 bridgehead atoms. The van der Waals surface area contributed by atoms with E-state index in [2.05, 4.69) is 83.0 Å². The van der Waals surface area contributed by atoms with Crippen molar-refractivity contribution in [3.8, 4) is 11.8 Å². The smallest absolute Gasteiger partial charge is 0.122 e. The molecule has 30 heavy (non-hydrogen) atoms. The summed E-state index contributed by atoms with van der Waals surface area (Å²) in [5, 5.41) is 10.3. The average Bonchev–Trinajstić information content (AvgIpc) is 2.74. The Labute approximate surface area is 183 Å². The number of rotatable bonds is 10. The standard InChI is InChI=1S/C27H38N2O/c1-8-24-18-25(11-12-26(24)30-7)27(19-28,20(2)3)14-16-29(6)15-13-23-10-9-21(4)22(5)17-23/h9-12,17-18,20H,8,13-16H2,1-7H3. The summed E-state index contributed by atoms with van der Waals surface area (Å²) in [5.74, 6) is 1.14. The molecule has 0 amide bonds. The number of nitrogens with zero attached hydrogens (tertiary/aromatic N) is 2. The van der Waals surface area contributed by atoms with Crippen molar-refractivity contribution in [1.82, 2.24) is 4.90 Å². The topological polar surface area (TPSA) is 36.3 Å². The van der Waals surface area contributed by atoms with Crippen LogP contribution in [-0.2, 0) is 18.3 Å². The number of hydrogen-bond acceptors (Lipinski definition) is 3. The highest BCUT2D eigenvalue weighted by Crippen LogP contribution is 2.37. The SMILES string of the molecule is CCc1cc(C(C#N)(CCN(C)CCc2ccc(C)c(C)c2)C(C)C)ccc1OC. The van der Waals surface area contributed by atoms with Crippen LogP contribution in [0.4, 0.5) is 0 Å². The van der Waals surface area contributed by atoms with Crippen molar-refractivity contribution in [1.29, 1.82) is 5.26 Å². The normalized spacial score (nSPS) is 13.3. The lowest BCUT2D eigenvalue weighted by atomic mass is 9.70. The minimum atomic E-state index is -0.495. The summed E-state index contributed by atoms with van der Waals surface area (Å²) in [7, 11) is 3.87. The fourth-order valence-electron chi connectivity index (χ4n) is 4.11. The molecule has 2 rings (SSSR count). The van der Waals surface area contributed by atoms with Gasteiger partial charge in [-0.1, -0.05) is 51.1 Å². The molecule has 0 aliphatic rings. The van der Waals surface area contributed by atoms with E-state index in [0.29, 0.717) is 0 Å². The highest BCUT2D eigenvalue weighted by molar-refractivity contribution is 5.43. The van der Waals surface area contributed by atoms with Crippen LogP contribution in [0.25, 0.3) is 0 Å². The minimum Gasteiger partial charge on any atom is -0.496 e. The minimum absolute atomic E-state index is 0.230. The zero-order chi connectivity index (χ0) is 22.3. The lowest BCUT2D eigenvalue weighted by Crippen LogP contribution is -2.36. The highest BCUT2D eigenvalue weighted by Gasteiger charge is 2.36. The fraction of sp³-hybridized carbons (Fsp3) is 0.519. The van der Waals surface area contributed by atoms with Crippen LogP contribution in [0.2, 0.25) is 0 Å². The molecule has 0 fully saturated rings. The molecule has 0 spiro atoms. The third-order valence-electron chi connectivity index (χ3n) is 6.60. The second kappa shape index (κ2) is 10.6. The summed E-state index contributed by atoms with van der Waals surface area (Å²) in [5.41, 5.74) is 5.85. The van der Waals surface area contributed by atoms with Crippen LogP contribution in [-0.4, -0.2) is 32.1 Å². The molecule has 2 aromatic rings. The first-order valence-corrected chi connectivity index (χ1v) is 11.1. The van der Waals surface area contributed by atoms with Gasteiger partial charge in [0.15, 0.2) is 0 Å². The largest absolute Gasteiger partial charge is 0.496 e. The number of benzene rings is 2. The van der Waals surface area contributed by atoms with Gasteiger partial charge in [0, 0.05) is 6.54 Å². The number of aryl methyl sites for hydroxylation is 3. The molecule has 3 nitrogen and oxygen atoms in total. The van der Waals surface area contributed by atoms with Crippen LogP contribution >= 0.6 is 0 Å². The molecule has 1 atom stereocenters. The molecule has 0 aliphatic carbocycles. The molecule has 0 aromatic heterocycles. The van der Waals surface area contributed by atoms with Gasteiger partial charge in [0.25, 0.3) is 0 Å². The monoisotopic (exact) mass is 406 g/mol. The maximum absolute atomic E-state index is 10.3. The first-order valence-electron chi connectivity index (χ1n) is 11.1. The van der Waals surface area contributed by atoms with Crippen molar-refractivity contribution in [3.05, 3.63) is 64.2 Å². The maximum atomic E-state index is 10.3. The Kier molecular flexibility index (Phi) is 8.50. The molecule has 0 heterocycles. The first kappa shape index (κ1) is 24.0. The average molecular weight is 407 g/mol. The molecule has 0 saturated heterocycles. The van der Waals surface area contributed by atoms with Gasteiger partial charge >= 0.3 is 0 Å². The van der Waals surface area contributed by atoms with Crippen LogP contribution in [0.3, 0.4) is 0 Å². The second-order valence-electron chi connectivity index (χ2n) is 8.84. The Bertz CT molecular complexity index is 881. The molecule has 2 aromatic carbocycles. The number of nitriles is 1. The summed E-state index contributed by atoms with van der Waals surface area (Å²) >= 11 is 0. The van der Waals surface area contributed by atoms with Gasteiger partial charge in [0.05, 0.1) is 18.6 Å². The van der Waals surface area contributed by atoms with Crippen LogP contribution in [0.15, 0.2) is 36.4 Å². The second-order valence-corrected chi connectivity index (χ2v) is 8.84. The lowest BCUT2D eigenvalue weighted by molar-refractivity contribution is 0.273. The van der Waals surface area contributed by atoms with E-state index >= 15 is 0 Å². The molecule has 0 saturated carbocycles. The number of likely N-dealkylation sites (N-methyl/N-ethyl adjacent to an activating group) is 1. The van der Waals surface area contributed by atoms with Gasteiger partial charge in [0.1, 0.15) is 5.75 Å². The predicted molar refractivity (Wildman–Crippen MR) is 126 cm³/mol. The Morgan fingerprint density at radius 2 is 1.80 bits per heavy atom. The fourth-order valence-corrected chi connectivity index (χ4v) is 4.11. The van der Waals surface area contributed by atoms with E-state index in [0.717, 1.165) is 43.7 Å². The van der Waals surface area contributed by atoms with Gasteiger partial charge in [-0.05, 0) is 86.5 Å². The third-order valence-corrected chi connectivity index (χ3v) is 6.60. The van der Waals surface area contributed by atoms with Crippen LogP contribution < -0.4 is 4.74 Å². The van der Waals surface area contributed by atoms with Gasteiger partial charge in [-0.15, -0.1) is 0 Å². The molecular formula is C27H38N2O. The number of ether oxygens (including phenoxy) is 1. The zero-order valence-electron chi connectivity index (χ0n) is 19.9. The highest BCUT2D eigenvalue weighted by atomic mass is 16.5. The van der Waals surface area contributed by atoms with E-state index in [4.69, 9.17) is 4.74 Å². The van der Waals surface area contributed by atoms with Gasteiger partial charge in [-0.3, -0.25) is 0 Å². The molecular weight excluding hydrogens is 368 g/mol. The zero-order valence-corrected chi connectivity index (χ0v) is 19.9. The first-order chi connectivity index (χ1) is 14.3. The van der Waals surface area contributed by atoms with E-state index < -0.39 is 5.41 Å². The summed E-state index contributed by atoms with van der Waals surface area (Å²) in [6.45, 7) is 12.7. The van der Waals surface area contributed by atoms with Gasteiger partial charge in [-0.25, -0.2) is 0 Å². The Balaban J connectivity index is 2.12. The van der Waals surface area contributed by atoms with Crippen molar-refractivity contribution in [3.63, 3.8) is 0 Å². The van der Waals surface area contributed by atoms with Crippen molar-refractivity contribution < 1.29 is 4.74 Å². The van der Waals surface area contributed by atoms with E-state index in [1.54, 1.807) is 7.11 Å². The van der Waals surface area contributed by atoms with E-state index in [9.17, 15) is 5.26 Å². The molecule has 0 radical (unpaired) electrons. The summed E-state index contributed by atoms with van der Waals surface area (Å²) in [6.07, 6.45) is 2.74. The number of hydrogen-bond donors (Lipinski definition) is 0. The summed E-state index contributed by atoms with van der Waals surface area (Å²) in [6, 6.07) is 15.7. The molecule has 162 valence electrons. The van der Waals surface area contributed by atoms with Gasteiger partial charge in [0.2, 0.25) is 0 Å². The quantitative estimate of drug-likeness (QED) is 0.496. The molecule has 0 aliphatic heterocycles. The molecule has 0 N–H and O–H groups in total. The van der Waals surface area contributed by atoms with E-state index in [1.165, 1.54) is 22.3 Å². The summed E-state index contributed by atoms with van der Waals surface area (Å²) in [4.78, 5) is 2.36. The van der Waals surface area contributed by atoms with Gasteiger partial charge < -0.3 is 9.64 Å². The van der Waals surface area contributed by atoms with Crippen LogP contribution in [0, 0.1) is 31.1 Å². The Morgan fingerprint density at radius 1 is 1.07 bits per heavy atom. The van der Waals surface area contributed by atoms with Gasteiger partial charge in [-0.2, -0.15) is 5.26 Å². The number of methoxy groups -OCH3 is 1. The lowest BCUT2D eigenvalue weighted by Gasteiger charge is -2.33. The Hall–Kier alpha value is -2.31. The Morgan fingerprint density at radius 3 is 2.37 bits per heavy atom. The van der Waals surface area contributed by atoms with Crippen molar-refractivity contribution in [2.45, 2.75) is 59.3 Å². The van der Waals surface area contributed by atoms with Crippen molar-refractivity contribution in [2.75, 3.05) is 27.2 Å².